The van der Waals surface area contributed by atoms with Crippen molar-refractivity contribution in [2.45, 2.75) is 25.8 Å². The van der Waals surface area contributed by atoms with Gasteiger partial charge < -0.3 is 15.8 Å². The lowest BCUT2D eigenvalue weighted by atomic mass is 10.2. The van der Waals surface area contributed by atoms with E-state index in [-0.39, 0.29) is 11.2 Å². The second-order valence-corrected chi connectivity index (χ2v) is 4.52. The van der Waals surface area contributed by atoms with Crippen molar-refractivity contribution in [1.82, 2.24) is 9.55 Å². The van der Waals surface area contributed by atoms with E-state index in [4.69, 9.17) is 10.5 Å². The summed E-state index contributed by atoms with van der Waals surface area (Å²) >= 11 is 0. The summed E-state index contributed by atoms with van der Waals surface area (Å²) in [6.07, 6.45) is 5.27. The third-order valence-corrected chi connectivity index (χ3v) is 3.35. The Balaban J connectivity index is 2.30. The van der Waals surface area contributed by atoms with E-state index in [2.05, 4.69) is 10.3 Å². The van der Waals surface area contributed by atoms with Gasteiger partial charge in [0.1, 0.15) is 17.6 Å². The van der Waals surface area contributed by atoms with Gasteiger partial charge in [-0.3, -0.25) is 9.36 Å². The molecule has 7 nitrogen and oxygen atoms in total. The molecule has 1 aromatic heterocycles. The zero-order chi connectivity index (χ0) is 14.7. The molecule has 2 rings (SSSR count). The fraction of sp³-hybridized carbons (Fsp3) is 0.385. The van der Waals surface area contributed by atoms with Gasteiger partial charge in [-0.2, -0.15) is 0 Å². The predicted molar refractivity (Wildman–Crippen MR) is 74.5 cm³/mol. The van der Waals surface area contributed by atoms with Crippen LogP contribution in [0.2, 0.25) is 0 Å². The normalized spacial score (nSPS) is 17.6. The van der Waals surface area contributed by atoms with Gasteiger partial charge in [-0.1, -0.05) is 6.08 Å². The number of hydrogen-bond acceptors (Lipinski definition) is 5. The highest BCUT2D eigenvalue weighted by Crippen LogP contribution is 2.22. The first kappa shape index (κ1) is 14.0. The van der Waals surface area contributed by atoms with E-state index in [1.807, 2.05) is 0 Å². The molecule has 20 heavy (non-hydrogen) atoms. The number of aromatic nitrogens is 2. The lowest BCUT2D eigenvalue weighted by molar-refractivity contribution is -0.140. The number of nitrogens with one attached hydrogen (secondary N) is 2. The summed E-state index contributed by atoms with van der Waals surface area (Å²) in [5.41, 5.74) is 0.605. The molecule has 7 heteroatoms. The largest absolute Gasteiger partial charge is 0.480 e. The molecule has 1 atom stereocenters. The first-order valence-corrected chi connectivity index (χ1v) is 6.31. The summed E-state index contributed by atoms with van der Waals surface area (Å²) in [5, 5.41) is 19.2. The lowest BCUT2D eigenvalue weighted by Gasteiger charge is -2.12. The summed E-state index contributed by atoms with van der Waals surface area (Å²) in [6.45, 7) is 2.13. The van der Waals surface area contributed by atoms with Crippen molar-refractivity contribution in [2.24, 2.45) is 0 Å². The van der Waals surface area contributed by atoms with Crippen LogP contribution in [-0.2, 0) is 11.2 Å². The first-order chi connectivity index (χ1) is 9.58. The maximum absolute atomic E-state index is 12.3. The molecule has 3 N–H and O–H groups in total. The van der Waals surface area contributed by atoms with Crippen molar-refractivity contribution in [3.8, 4) is 0 Å². The van der Waals surface area contributed by atoms with Crippen LogP contribution in [0.3, 0.4) is 0 Å². The van der Waals surface area contributed by atoms with Gasteiger partial charge in [0.25, 0.3) is 5.56 Å². The number of anilines is 1. The maximum atomic E-state index is 12.3. The Hall–Kier alpha value is -2.44. The van der Waals surface area contributed by atoms with E-state index in [9.17, 15) is 9.59 Å². The second-order valence-electron chi connectivity index (χ2n) is 4.52. The highest BCUT2D eigenvalue weighted by Gasteiger charge is 2.30. The zero-order valence-corrected chi connectivity index (χ0v) is 11.1. The van der Waals surface area contributed by atoms with Crippen LogP contribution in [0, 0.1) is 5.41 Å². The van der Waals surface area contributed by atoms with Crippen LogP contribution < -0.4 is 10.9 Å². The van der Waals surface area contributed by atoms with Gasteiger partial charge in [0.2, 0.25) is 0 Å². The number of aliphatic carboxylic acids is 1. The molecule has 2 heterocycles. The Morgan fingerprint density at radius 2 is 2.45 bits per heavy atom. The van der Waals surface area contributed by atoms with E-state index in [0.717, 1.165) is 5.57 Å². The Bertz CT molecular complexity index is 633. The van der Waals surface area contributed by atoms with E-state index >= 15 is 0 Å². The summed E-state index contributed by atoms with van der Waals surface area (Å²) in [6, 6.07) is -0.837. The number of fused-ring (bicyclic) bond motifs is 1. The van der Waals surface area contributed by atoms with Crippen LogP contribution >= 0.6 is 0 Å². The van der Waals surface area contributed by atoms with E-state index in [1.54, 1.807) is 13.0 Å². The average molecular weight is 276 g/mol. The molecule has 0 aliphatic carbocycles. The molecule has 0 bridgehead atoms. The zero-order valence-electron chi connectivity index (χ0n) is 11.1. The minimum atomic E-state index is -1.02. The van der Waals surface area contributed by atoms with Gasteiger partial charge in [-0.05, 0) is 18.9 Å². The summed E-state index contributed by atoms with van der Waals surface area (Å²) in [5.74, 6) is -0.510. The lowest BCUT2D eigenvalue weighted by Crippen LogP contribution is -2.30. The minimum Gasteiger partial charge on any atom is -0.480 e. The molecular weight excluding hydrogens is 260 g/mol. The number of carboxylic acid groups (broad SMARTS) is 1. The summed E-state index contributed by atoms with van der Waals surface area (Å²) in [4.78, 5) is 27.6. The molecule has 1 aromatic rings. The number of nitrogens with zero attached hydrogens (tertiary/aromatic N) is 2. The molecule has 0 amide bonds. The third kappa shape index (κ3) is 2.47. The number of hydrogen-bond donors (Lipinski definition) is 3. The van der Waals surface area contributed by atoms with E-state index < -0.39 is 12.0 Å². The number of allylic oxidation sites excluding steroid dienone is 1. The third-order valence-electron chi connectivity index (χ3n) is 3.35. The highest BCUT2D eigenvalue weighted by atomic mass is 16.4. The standard InChI is InChI=1S/C13H16N4O3/c1-2-8(5-14)6-15-9-7-16-11-4-3-10(13(19)20)17(11)12(9)18/h2,5,7,10,14-15H,3-4,6H2,1H3,(H,19,20)/b8-2+,14-5?. The quantitative estimate of drug-likeness (QED) is 0.690. The maximum Gasteiger partial charge on any atom is 0.326 e. The van der Waals surface area contributed by atoms with Crippen molar-refractivity contribution < 1.29 is 9.90 Å². The van der Waals surface area contributed by atoms with Crippen molar-refractivity contribution in [1.29, 1.82) is 5.41 Å². The van der Waals surface area contributed by atoms with Gasteiger partial charge in [0.05, 0.1) is 6.20 Å². The van der Waals surface area contributed by atoms with Gasteiger partial charge in [0.15, 0.2) is 0 Å². The number of carbonyl (C=O) groups is 1. The summed E-state index contributed by atoms with van der Waals surface area (Å²) in [7, 11) is 0. The Morgan fingerprint density at radius 3 is 3.05 bits per heavy atom. The summed E-state index contributed by atoms with van der Waals surface area (Å²) < 4.78 is 1.24. The number of rotatable bonds is 5. The molecule has 1 unspecified atom stereocenters. The topological polar surface area (TPSA) is 108 Å². The molecule has 1 aliphatic heterocycles. The number of carboxylic acids is 1. The van der Waals surface area contributed by atoms with Gasteiger partial charge >= 0.3 is 5.97 Å². The van der Waals surface area contributed by atoms with Gasteiger partial charge in [0, 0.05) is 19.2 Å². The molecule has 0 fully saturated rings. The van der Waals surface area contributed by atoms with Gasteiger partial charge in [-0.15, -0.1) is 0 Å². The van der Waals surface area contributed by atoms with Crippen LogP contribution in [0.5, 0.6) is 0 Å². The molecule has 0 saturated carbocycles. The molecular formula is C13H16N4O3. The first-order valence-electron chi connectivity index (χ1n) is 6.31. The van der Waals surface area contributed by atoms with Crippen LogP contribution in [0.15, 0.2) is 22.6 Å². The average Bonchev–Trinajstić information content (AvgIpc) is 2.87. The molecule has 1 aliphatic rings. The SMILES string of the molecule is C/C=C(\C=N)CNc1cnc2n(c1=O)C(C(=O)O)CC2. The highest BCUT2D eigenvalue weighted by molar-refractivity contribution is 5.77. The smallest absolute Gasteiger partial charge is 0.326 e. The van der Waals surface area contributed by atoms with Crippen LogP contribution in [0.1, 0.15) is 25.2 Å². The van der Waals surface area contributed by atoms with Crippen molar-refractivity contribution in [2.75, 3.05) is 11.9 Å². The Kier molecular flexibility index (Phi) is 3.97. The monoisotopic (exact) mass is 276 g/mol. The van der Waals surface area contributed by atoms with Crippen LogP contribution in [0.4, 0.5) is 5.69 Å². The van der Waals surface area contributed by atoms with Crippen molar-refractivity contribution in [3.63, 3.8) is 0 Å². The molecule has 106 valence electrons. The number of aryl methyl sites for hydroxylation is 1. The van der Waals surface area contributed by atoms with E-state index in [1.165, 1.54) is 17.0 Å². The van der Waals surface area contributed by atoms with Crippen LogP contribution in [-0.4, -0.2) is 33.4 Å². The molecule has 0 spiro atoms. The van der Waals surface area contributed by atoms with Crippen molar-refractivity contribution >= 4 is 17.9 Å². The fourth-order valence-electron chi connectivity index (χ4n) is 2.19. The predicted octanol–water partition coefficient (Wildman–Crippen LogP) is 0.823. The van der Waals surface area contributed by atoms with E-state index in [0.29, 0.717) is 25.2 Å². The Morgan fingerprint density at radius 1 is 1.70 bits per heavy atom. The van der Waals surface area contributed by atoms with Crippen molar-refractivity contribution in [3.05, 3.63) is 34.0 Å². The minimum absolute atomic E-state index is 0.253. The molecule has 0 radical (unpaired) electrons. The van der Waals surface area contributed by atoms with Gasteiger partial charge in [-0.25, -0.2) is 9.78 Å². The second kappa shape index (κ2) is 5.68. The van der Waals surface area contributed by atoms with Crippen LogP contribution in [0.25, 0.3) is 0 Å². The fourth-order valence-corrected chi connectivity index (χ4v) is 2.19. The molecule has 0 saturated heterocycles. The molecule has 0 aromatic carbocycles. The Labute approximate surface area is 115 Å².